The lowest BCUT2D eigenvalue weighted by Gasteiger charge is -1.99. The summed E-state index contributed by atoms with van der Waals surface area (Å²) in [5, 5.41) is 8.29. The van der Waals surface area contributed by atoms with Gasteiger partial charge in [0.2, 0.25) is 0 Å². The molecule has 1 N–H and O–H groups in total. The lowest BCUT2D eigenvalue weighted by Crippen LogP contribution is -2.09. The second-order valence-electron chi connectivity index (χ2n) is 4.61. The molecular weight excluding hydrogens is 232 g/mol. The van der Waals surface area contributed by atoms with E-state index in [2.05, 4.69) is 23.5 Å². The summed E-state index contributed by atoms with van der Waals surface area (Å²) in [7, 11) is 0. The number of ether oxygens (including phenoxy) is 1. The van der Waals surface area contributed by atoms with Crippen molar-refractivity contribution in [3.63, 3.8) is 0 Å². The first-order valence-electron chi connectivity index (χ1n) is 6.28. The van der Waals surface area contributed by atoms with Crippen molar-refractivity contribution >= 4 is 11.9 Å². The van der Waals surface area contributed by atoms with Gasteiger partial charge in [0, 0.05) is 5.57 Å². The van der Waals surface area contributed by atoms with Crippen LogP contribution in [0.2, 0.25) is 0 Å². The summed E-state index contributed by atoms with van der Waals surface area (Å²) in [6, 6.07) is 0. The molecule has 4 heteroatoms. The minimum atomic E-state index is -1.17. The molecule has 2 atom stereocenters. The fraction of sp³-hybridized carbons (Fsp3) is 0.571. The highest BCUT2D eigenvalue weighted by Crippen LogP contribution is 2.38. The summed E-state index contributed by atoms with van der Waals surface area (Å²) in [6.45, 7) is 5.09. The maximum absolute atomic E-state index is 10.6. The Labute approximate surface area is 107 Å². The third-order valence-corrected chi connectivity index (χ3v) is 3.13. The van der Waals surface area contributed by atoms with Gasteiger partial charge in [0.15, 0.2) is 0 Å². The van der Waals surface area contributed by atoms with E-state index in [0.717, 1.165) is 11.8 Å². The van der Waals surface area contributed by atoms with Crippen LogP contribution in [-0.4, -0.2) is 23.7 Å². The topological polar surface area (TPSA) is 63.6 Å². The molecule has 18 heavy (non-hydrogen) atoms. The Morgan fingerprint density at radius 2 is 1.89 bits per heavy atom. The Morgan fingerprint density at radius 3 is 2.17 bits per heavy atom. The minimum Gasteiger partial charge on any atom is -0.478 e. The Bertz CT molecular complexity index is 345. The monoisotopic (exact) mass is 252 g/mol. The molecule has 0 aromatic heterocycles. The first-order valence-corrected chi connectivity index (χ1v) is 6.28. The van der Waals surface area contributed by atoms with Gasteiger partial charge in [-0.15, -0.1) is 0 Å². The van der Waals surface area contributed by atoms with E-state index in [1.54, 1.807) is 6.92 Å². The fourth-order valence-electron chi connectivity index (χ4n) is 2.18. The van der Waals surface area contributed by atoms with Crippen LogP contribution in [-0.2, 0) is 14.3 Å². The van der Waals surface area contributed by atoms with Crippen LogP contribution in [0, 0.1) is 11.8 Å². The quantitative estimate of drug-likeness (QED) is 0.474. The number of carboxylic acid groups (broad SMARTS) is 1. The third kappa shape index (κ3) is 4.73. The lowest BCUT2D eigenvalue weighted by atomic mass is 10.1. The molecule has 0 radical (unpaired) electrons. The number of hydrogen-bond donors (Lipinski definition) is 1. The van der Waals surface area contributed by atoms with Crippen LogP contribution in [0.4, 0.5) is 0 Å². The normalized spacial score (nSPS) is 23.2. The number of carbonyl (C=O) groups excluding carboxylic acids is 1. The van der Waals surface area contributed by atoms with Gasteiger partial charge >= 0.3 is 11.9 Å². The van der Waals surface area contributed by atoms with Crippen LogP contribution in [0.15, 0.2) is 24.3 Å². The number of rotatable bonds is 4. The SMILES string of the molecule is C1=CC2CCC1C2.C=C(CC(=O)OCC)C(=O)O. The van der Waals surface area contributed by atoms with E-state index in [9.17, 15) is 9.59 Å². The average molecular weight is 252 g/mol. The molecule has 0 heterocycles. The van der Waals surface area contributed by atoms with E-state index in [0.29, 0.717) is 0 Å². The number of aliphatic carboxylic acids is 1. The summed E-state index contributed by atoms with van der Waals surface area (Å²) in [6.07, 6.45) is 8.94. The summed E-state index contributed by atoms with van der Waals surface area (Å²) < 4.78 is 4.50. The van der Waals surface area contributed by atoms with Gasteiger partial charge in [-0.05, 0) is 38.0 Å². The predicted molar refractivity (Wildman–Crippen MR) is 68.0 cm³/mol. The Hall–Kier alpha value is -1.58. The van der Waals surface area contributed by atoms with Crippen molar-refractivity contribution < 1.29 is 19.4 Å². The summed E-state index contributed by atoms with van der Waals surface area (Å²) >= 11 is 0. The zero-order chi connectivity index (χ0) is 13.5. The van der Waals surface area contributed by atoms with Crippen LogP contribution in [0.5, 0.6) is 0 Å². The van der Waals surface area contributed by atoms with Gasteiger partial charge in [-0.1, -0.05) is 18.7 Å². The molecule has 2 aliphatic carbocycles. The Kier molecular flexibility index (Phi) is 5.62. The number of carboxylic acids is 1. The molecule has 2 aliphatic rings. The lowest BCUT2D eigenvalue weighted by molar-refractivity contribution is -0.144. The van der Waals surface area contributed by atoms with Gasteiger partial charge in [0.1, 0.15) is 0 Å². The van der Waals surface area contributed by atoms with Gasteiger partial charge in [-0.3, -0.25) is 4.79 Å². The van der Waals surface area contributed by atoms with Crippen molar-refractivity contribution in [3.05, 3.63) is 24.3 Å². The highest BCUT2D eigenvalue weighted by molar-refractivity contribution is 5.91. The van der Waals surface area contributed by atoms with Crippen LogP contribution < -0.4 is 0 Å². The molecule has 1 fully saturated rings. The van der Waals surface area contributed by atoms with Crippen molar-refractivity contribution in [2.75, 3.05) is 6.61 Å². The molecule has 0 saturated heterocycles. The number of esters is 1. The van der Waals surface area contributed by atoms with Crippen LogP contribution in [0.1, 0.15) is 32.6 Å². The maximum atomic E-state index is 10.6. The summed E-state index contributed by atoms with van der Waals surface area (Å²) in [4.78, 5) is 20.7. The molecule has 100 valence electrons. The van der Waals surface area contributed by atoms with Crippen molar-refractivity contribution in [1.82, 2.24) is 0 Å². The molecule has 0 aromatic carbocycles. The molecule has 2 unspecified atom stereocenters. The average Bonchev–Trinajstić information content (AvgIpc) is 2.94. The molecule has 2 bridgehead atoms. The summed E-state index contributed by atoms with van der Waals surface area (Å²) in [5.74, 6) is 0.257. The second kappa shape index (κ2) is 6.99. The first kappa shape index (κ1) is 14.5. The van der Waals surface area contributed by atoms with Crippen LogP contribution in [0.3, 0.4) is 0 Å². The number of allylic oxidation sites excluding steroid dienone is 2. The van der Waals surface area contributed by atoms with Crippen LogP contribution in [0.25, 0.3) is 0 Å². The van der Waals surface area contributed by atoms with E-state index < -0.39 is 11.9 Å². The van der Waals surface area contributed by atoms with Gasteiger partial charge < -0.3 is 9.84 Å². The minimum absolute atomic E-state index is 0.150. The fourth-order valence-corrected chi connectivity index (χ4v) is 2.18. The highest BCUT2D eigenvalue weighted by Gasteiger charge is 2.25. The standard InChI is InChI=1S/C7H10O4.C7H10/c1-3-11-6(8)4-5(2)7(9)10;1-2-7-4-3-6(1)5-7/h2-4H2,1H3,(H,9,10);1-2,6-7H,3-5H2. The first-order chi connectivity index (χ1) is 8.52. The number of carbonyl (C=O) groups is 2. The van der Waals surface area contributed by atoms with E-state index in [4.69, 9.17) is 5.11 Å². The van der Waals surface area contributed by atoms with E-state index in [1.165, 1.54) is 19.3 Å². The molecule has 4 nitrogen and oxygen atoms in total. The Balaban J connectivity index is 0.000000194. The molecule has 1 saturated carbocycles. The van der Waals surface area contributed by atoms with Gasteiger partial charge in [0.25, 0.3) is 0 Å². The van der Waals surface area contributed by atoms with Crippen molar-refractivity contribution in [2.45, 2.75) is 32.6 Å². The third-order valence-electron chi connectivity index (χ3n) is 3.13. The number of hydrogen-bond acceptors (Lipinski definition) is 3. The maximum Gasteiger partial charge on any atom is 0.331 e. The molecule has 0 aromatic rings. The van der Waals surface area contributed by atoms with E-state index >= 15 is 0 Å². The molecular formula is C14H20O4. The number of fused-ring (bicyclic) bond motifs is 2. The Morgan fingerprint density at radius 1 is 1.33 bits per heavy atom. The summed E-state index contributed by atoms with van der Waals surface area (Å²) in [5.41, 5.74) is -0.150. The zero-order valence-electron chi connectivity index (χ0n) is 10.7. The second-order valence-corrected chi connectivity index (χ2v) is 4.61. The van der Waals surface area contributed by atoms with E-state index in [1.807, 2.05) is 0 Å². The van der Waals surface area contributed by atoms with Crippen molar-refractivity contribution in [3.8, 4) is 0 Å². The zero-order valence-corrected chi connectivity index (χ0v) is 10.7. The smallest absolute Gasteiger partial charge is 0.331 e. The van der Waals surface area contributed by atoms with Gasteiger partial charge in [0.05, 0.1) is 13.0 Å². The largest absolute Gasteiger partial charge is 0.478 e. The van der Waals surface area contributed by atoms with Gasteiger partial charge in [-0.25, -0.2) is 4.79 Å². The molecule has 0 spiro atoms. The van der Waals surface area contributed by atoms with E-state index in [-0.39, 0.29) is 18.6 Å². The molecule has 2 rings (SSSR count). The van der Waals surface area contributed by atoms with Crippen LogP contribution >= 0.6 is 0 Å². The van der Waals surface area contributed by atoms with Gasteiger partial charge in [-0.2, -0.15) is 0 Å². The molecule has 0 aliphatic heterocycles. The predicted octanol–water partition coefficient (Wildman–Crippen LogP) is 2.55. The van der Waals surface area contributed by atoms with Crippen molar-refractivity contribution in [2.24, 2.45) is 11.8 Å². The molecule has 0 amide bonds. The van der Waals surface area contributed by atoms with Crippen molar-refractivity contribution in [1.29, 1.82) is 0 Å². The highest BCUT2D eigenvalue weighted by atomic mass is 16.5.